The molecule has 10 nitrogen and oxygen atoms in total. The number of hydrogen-bond acceptors (Lipinski definition) is 6. The van der Waals surface area contributed by atoms with Gasteiger partial charge in [-0.2, -0.15) is 5.10 Å². The van der Waals surface area contributed by atoms with Crippen LogP contribution in [0.5, 0.6) is 0 Å². The van der Waals surface area contributed by atoms with Gasteiger partial charge in [-0.3, -0.25) is 28.8 Å². The van der Waals surface area contributed by atoms with Gasteiger partial charge in [0.25, 0.3) is 11.8 Å². The van der Waals surface area contributed by atoms with Gasteiger partial charge in [-0.15, -0.1) is 0 Å². The summed E-state index contributed by atoms with van der Waals surface area (Å²) < 4.78 is 7.61. The van der Waals surface area contributed by atoms with E-state index in [9.17, 15) is 19.2 Å². The third kappa shape index (κ3) is 7.81. The first-order valence-corrected chi connectivity index (χ1v) is 19.5. The Morgan fingerprint density at radius 3 is 2.59 bits per heavy atom. The van der Waals surface area contributed by atoms with Crippen LogP contribution in [0.2, 0.25) is 25.7 Å². The van der Waals surface area contributed by atoms with Crippen molar-refractivity contribution < 1.29 is 23.9 Å². The van der Waals surface area contributed by atoms with Crippen LogP contribution < -0.4 is 5.73 Å². The maximum Gasteiger partial charge on any atom is 0.255 e. The van der Waals surface area contributed by atoms with E-state index in [1.54, 1.807) is 29.3 Å². The number of aromatic nitrogens is 2. The van der Waals surface area contributed by atoms with Gasteiger partial charge in [0, 0.05) is 69.1 Å². The third-order valence-corrected chi connectivity index (χ3v) is 10.1. The number of hydrogen-bond donors (Lipinski definition) is 1. The van der Waals surface area contributed by atoms with Crippen molar-refractivity contribution in [2.45, 2.75) is 76.9 Å². The predicted molar refractivity (Wildman–Crippen MR) is 177 cm³/mol. The lowest BCUT2D eigenvalue weighted by molar-refractivity contribution is -0.158. The zero-order valence-corrected chi connectivity index (χ0v) is 27.8. The molecule has 2 aliphatic heterocycles. The number of fused-ring (bicyclic) bond motifs is 1. The molecule has 11 heteroatoms. The van der Waals surface area contributed by atoms with Crippen molar-refractivity contribution in [1.82, 2.24) is 19.6 Å². The molecule has 240 valence electrons. The highest BCUT2D eigenvalue weighted by Crippen LogP contribution is 2.31. The molecule has 0 bridgehead atoms. The summed E-state index contributed by atoms with van der Waals surface area (Å²) in [5.74, 6) is 5.22. The highest BCUT2D eigenvalue weighted by Gasteiger charge is 2.43. The summed E-state index contributed by atoms with van der Waals surface area (Å²) in [6.07, 6.45) is 6.77. The summed E-state index contributed by atoms with van der Waals surface area (Å²) in [7, 11) is -1.30. The number of aryl methyl sites for hydroxylation is 1. The Labute approximate surface area is 270 Å². The molecular formula is C35H41N5O5Si. The van der Waals surface area contributed by atoms with E-state index in [0.717, 1.165) is 47.7 Å². The molecule has 1 saturated heterocycles. The van der Waals surface area contributed by atoms with Crippen molar-refractivity contribution in [3.05, 3.63) is 77.1 Å². The number of unbranched alkanes of at least 4 members (excludes halogenated alkanes) is 2. The summed E-state index contributed by atoms with van der Waals surface area (Å²) in [5.41, 5.74) is 9.92. The number of carbonyl (C=O) groups is 4. The average molecular weight is 640 g/mol. The molecule has 0 spiro atoms. The van der Waals surface area contributed by atoms with E-state index in [0.29, 0.717) is 37.1 Å². The number of imide groups is 1. The second-order valence-electron chi connectivity index (χ2n) is 13.0. The van der Waals surface area contributed by atoms with Gasteiger partial charge in [0.05, 0.1) is 6.20 Å². The molecule has 1 fully saturated rings. The highest BCUT2D eigenvalue weighted by molar-refractivity contribution is 6.76. The minimum absolute atomic E-state index is 0.0713. The summed E-state index contributed by atoms with van der Waals surface area (Å²) in [6.45, 7) is 8.22. The number of benzene rings is 2. The fourth-order valence-corrected chi connectivity index (χ4v) is 6.37. The summed E-state index contributed by atoms with van der Waals surface area (Å²) >= 11 is 0. The van der Waals surface area contributed by atoms with Crippen molar-refractivity contribution in [2.24, 2.45) is 5.73 Å². The average Bonchev–Trinajstić information content (AvgIpc) is 3.63. The minimum atomic E-state index is -1.30. The molecule has 1 atom stereocenters. The number of rotatable bonds is 12. The van der Waals surface area contributed by atoms with Gasteiger partial charge in [0.1, 0.15) is 12.8 Å². The number of ether oxygens (including phenoxy) is 1. The van der Waals surface area contributed by atoms with E-state index in [-0.39, 0.29) is 30.9 Å². The molecule has 3 heterocycles. The van der Waals surface area contributed by atoms with E-state index in [1.807, 2.05) is 35.1 Å². The topological polar surface area (TPSA) is 128 Å². The number of nitrogens with zero attached hydrogens (tertiary/aromatic N) is 4. The lowest BCUT2D eigenvalue weighted by Crippen LogP contribution is -2.55. The second-order valence-corrected chi connectivity index (χ2v) is 18.6. The molecule has 1 unspecified atom stereocenters. The molecule has 0 saturated carbocycles. The van der Waals surface area contributed by atoms with E-state index >= 15 is 0 Å². The molecule has 2 N–H and O–H groups in total. The first kappa shape index (κ1) is 32.8. The van der Waals surface area contributed by atoms with Crippen LogP contribution in [-0.4, -0.2) is 70.7 Å². The Morgan fingerprint density at radius 2 is 1.85 bits per heavy atom. The second kappa shape index (κ2) is 14.3. The van der Waals surface area contributed by atoms with Crippen LogP contribution in [0.3, 0.4) is 0 Å². The van der Waals surface area contributed by atoms with E-state index < -0.39 is 20.0 Å². The highest BCUT2D eigenvalue weighted by atomic mass is 28.3. The standard InChI is InChI=1S/C35H41N5O5Si/c1-46(2,3)20-19-45-24-40-32(41)17-16-31(35(40)44)39-23-30-26(10-8-11-29(30)34(39)43)9-6-4-5-7-18-38-22-28(21-37-38)25-12-14-27(15-13-25)33(36)42/h8,10-15,21-22,31H,4-5,7,16-20,23-24H2,1-3H3,(H2,36,42). The molecule has 46 heavy (non-hydrogen) atoms. The zero-order chi connectivity index (χ0) is 32.8. The summed E-state index contributed by atoms with van der Waals surface area (Å²) in [4.78, 5) is 53.4. The van der Waals surface area contributed by atoms with Gasteiger partial charge in [-0.1, -0.05) is 49.7 Å². The fourth-order valence-electron chi connectivity index (χ4n) is 5.61. The molecule has 0 radical (unpaired) electrons. The van der Waals surface area contributed by atoms with E-state index in [4.69, 9.17) is 10.5 Å². The number of primary amides is 1. The van der Waals surface area contributed by atoms with Crippen molar-refractivity contribution in [3.63, 3.8) is 0 Å². The fraction of sp³-hybridized carbons (Fsp3) is 0.400. The van der Waals surface area contributed by atoms with Gasteiger partial charge in [0.15, 0.2) is 0 Å². The SMILES string of the molecule is C[Si](C)(C)CCOCN1C(=O)CCC(N2Cc3c(C#CCCCCn4cc(-c5ccc(C(N)=O)cc5)cn4)cccc3C2=O)C1=O. The van der Waals surface area contributed by atoms with Gasteiger partial charge in [0.2, 0.25) is 11.8 Å². The molecule has 2 aliphatic rings. The number of nitrogens with two attached hydrogens (primary N) is 1. The molecule has 3 aromatic rings. The Morgan fingerprint density at radius 1 is 1.07 bits per heavy atom. The minimum Gasteiger partial charge on any atom is -0.366 e. The van der Waals surface area contributed by atoms with Gasteiger partial charge < -0.3 is 15.4 Å². The Kier molecular flexibility index (Phi) is 10.2. The zero-order valence-electron chi connectivity index (χ0n) is 26.8. The number of likely N-dealkylation sites (tertiary alicyclic amines) is 1. The van der Waals surface area contributed by atoms with Crippen LogP contribution in [0.1, 0.15) is 63.9 Å². The van der Waals surface area contributed by atoms with E-state index in [1.165, 1.54) is 4.90 Å². The van der Waals surface area contributed by atoms with Crippen molar-refractivity contribution >= 4 is 31.7 Å². The number of piperidine rings is 1. The van der Waals surface area contributed by atoms with Crippen molar-refractivity contribution in [2.75, 3.05) is 13.3 Å². The quantitative estimate of drug-likeness (QED) is 0.133. The maximum absolute atomic E-state index is 13.4. The maximum atomic E-state index is 13.4. The lowest BCUT2D eigenvalue weighted by Gasteiger charge is -2.35. The van der Waals surface area contributed by atoms with E-state index in [2.05, 4.69) is 36.6 Å². The first-order chi connectivity index (χ1) is 22.0. The number of carbonyl (C=O) groups excluding carboxylic acids is 4. The Bertz CT molecular complexity index is 1680. The lowest BCUT2D eigenvalue weighted by atomic mass is 10.0. The predicted octanol–water partition coefficient (Wildman–Crippen LogP) is 4.66. The smallest absolute Gasteiger partial charge is 0.255 e. The van der Waals surface area contributed by atoms with Crippen molar-refractivity contribution in [3.8, 4) is 23.0 Å². The van der Waals surface area contributed by atoms with Gasteiger partial charge >= 0.3 is 0 Å². The van der Waals surface area contributed by atoms with Gasteiger partial charge in [-0.25, -0.2) is 0 Å². The normalized spacial score (nSPS) is 16.4. The van der Waals surface area contributed by atoms with Crippen LogP contribution in [0, 0.1) is 11.8 Å². The summed E-state index contributed by atoms with van der Waals surface area (Å²) in [6, 6.07) is 12.9. The monoisotopic (exact) mass is 639 g/mol. The molecule has 2 aromatic carbocycles. The molecule has 4 amide bonds. The Balaban J connectivity index is 1.13. The molecule has 5 rings (SSSR count). The first-order valence-electron chi connectivity index (χ1n) is 15.8. The number of amides is 4. The van der Waals surface area contributed by atoms with Crippen LogP contribution in [0.15, 0.2) is 54.9 Å². The van der Waals surface area contributed by atoms with Crippen molar-refractivity contribution in [1.29, 1.82) is 0 Å². The summed E-state index contributed by atoms with van der Waals surface area (Å²) in [5, 5.41) is 4.45. The third-order valence-electron chi connectivity index (χ3n) is 8.37. The van der Waals surface area contributed by atoms with Crippen LogP contribution >= 0.6 is 0 Å². The van der Waals surface area contributed by atoms with Crippen LogP contribution in [0.25, 0.3) is 11.1 Å². The largest absolute Gasteiger partial charge is 0.366 e. The van der Waals surface area contributed by atoms with Crippen LogP contribution in [-0.2, 0) is 27.4 Å². The molecular weight excluding hydrogens is 599 g/mol. The Hall–Kier alpha value is -4.53. The molecule has 0 aliphatic carbocycles. The van der Waals surface area contributed by atoms with Crippen LogP contribution in [0.4, 0.5) is 0 Å². The molecule has 1 aromatic heterocycles. The van der Waals surface area contributed by atoms with Gasteiger partial charge in [-0.05, 0) is 60.7 Å².